The molecule has 2 heterocycles. The number of pyridine rings is 1. The molecule has 0 amide bonds. The van der Waals surface area contributed by atoms with E-state index in [0.29, 0.717) is 10.6 Å². The lowest BCUT2D eigenvalue weighted by atomic mass is 9.98. The summed E-state index contributed by atoms with van der Waals surface area (Å²) in [5.74, 6) is 0. The topological polar surface area (TPSA) is 49.2 Å². The van der Waals surface area contributed by atoms with Crippen molar-refractivity contribution < 1.29 is 4.74 Å². The van der Waals surface area contributed by atoms with Crippen molar-refractivity contribution in [2.24, 2.45) is 0 Å². The molecule has 4 nitrogen and oxygen atoms in total. The molecule has 0 radical (unpaired) electrons. The predicted octanol–water partition coefficient (Wildman–Crippen LogP) is 6.71. The molecule has 1 unspecified atom stereocenters. The maximum absolute atomic E-state index is 9.07. The summed E-state index contributed by atoms with van der Waals surface area (Å²) in [7, 11) is 0. The highest BCUT2D eigenvalue weighted by Gasteiger charge is 2.22. The van der Waals surface area contributed by atoms with Crippen LogP contribution >= 0.6 is 11.6 Å². The first-order valence-electron chi connectivity index (χ1n) is 11.1. The van der Waals surface area contributed by atoms with Crippen LogP contribution in [0.1, 0.15) is 19.4 Å². The predicted molar refractivity (Wildman–Crippen MR) is 135 cm³/mol. The third kappa shape index (κ3) is 4.18. The number of rotatable bonds is 3. The number of aromatic nitrogens is 1. The number of fused-ring (bicyclic) bond motifs is 1. The summed E-state index contributed by atoms with van der Waals surface area (Å²) in [5, 5.41) is 10.7. The molecule has 1 aliphatic heterocycles. The number of ether oxygens (including phenoxy) is 1. The number of hydrogen-bond acceptors (Lipinski definition) is 4. The van der Waals surface area contributed by atoms with E-state index in [-0.39, 0.29) is 12.2 Å². The Balaban J connectivity index is 1.49. The molecule has 1 fully saturated rings. The fourth-order valence-corrected chi connectivity index (χ4v) is 4.90. The van der Waals surface area contributed by atoms with Gasteiger partial charge in [0.25, 0.3) is 0 Å². The zero-order chi connectivity index (χ0) is 22.9. The number of benzene rings is 3. The molecule has 2 atom stereocenters. The number of morpholine rings is 1. The Morgan fingerprint density at radius 3 is 2.21 bits per heavy atom. The lowest BCUT2D eigenvalue weighted by Gasteiger charge is -2.36. The molecule has 1 aliphatic rings. The summed E-state index contributed by atoms with van der Waals surface area (Å²) in [6.07, 6.45) is 2.29. The van der Waals surface area contributed by atoms with Crippen LogP contribution in [0.15, 0.2) is 72.9 Å². The molecule has 0 N–H and O–H groups in total. The molecule has 164 valence electrons. The lowest BCUT2D eigenvalue weighted by Crippen LogP contribution is -2.45. The van der Waals surface area contributed by atoms with Gasteiger partial charge in [0.2, 0.25) is 0 Å². The van der Waals surface area contributed by atoms with Gasteiger partial charge in [0.05, 0.1) is 34.4 Å². The van der Waals surface area contributed by atoms with Crippen LogP contribution in [0.4, 0.5) is 5.69 Å². The third-order valence-corrected chi connectivity index (χ3v) is 6.53. The standard InChI is InChI=1S/C28H24ClN3O/c1-18-16-32(17-19(2)33-18)23-12-10-22(11-13-23)26-15-31-28-24(4-3-5-25(28)27(26)29)21-8-6-20(14-30)7-9-21/h3-13,15,18-19H,16-17H2,1-2H3/t18-,19?/m1/s1. The van der Waals surface area contributed by atoms with Gasteiger partial charge in [-0.2, -0.15) is 5.26 Å². The molecule has 0 saturated carbocycles. The van der Waals surface area contributed by atoms with Crippen LogP contribution in [0.25, 0.3) is 33.2 Å². The molecule has 5 rings (SSSR count). The Bertz CT molecular complexity index is 1330. The van der Waals surface area contributed by atoms with Gasteiger partial charge in [-0.25, -0.2) is 0 Å². The van der Waals surface area contributed by atoms with Gasteiger partial charge in [-0.3, -0.25) is 4.98 Å². The Hall–Kier alpha value is -3.39. The number of halogens is 1. The van der Waals surface area contributed by atoms with Gasteiger partial charge in [-0.1, -0.05) is 54.1 Å². The third-order valence-electron chi connectivity index (χ3n) is 6.12. The van der Waals surface area contributed by atoms with Gasteiger partial charge < -0.3 is 9.64 Å². The minimum atomic E-state index is 0.220. The minimum absolute atomic E-state index is 0.220. The van der Waals surface area contributed by atoms with Crippen LogP contribution < -0.4 is 4.90 Å². The first-order valence-corrected chi connectivity index (χ1v) is 11.5. The van der Waals surface area contributed by atoms with Crippen molar-refractivity contribution in [2.45, 2.75) is 26.1 Å². The Morgan fingerprint density at radius 1 is 0.909 bits per heavy atom. The van der Waals surface area contributed by atoms with Crippen molar-refractivity contribution in [1.29, 1.82) is 5.26 Å². The molecular formula is C28H24ClN3O. The lowest BCUT2D eigenvalue weighted by molar-refractivity contribution is -0.00521. The van der Waals surface area contributed by atoms with E-state index in [1.807, 2.05) is 48.7 Å². The van der Waals surface area contributed by atoms with E-state index in [4.69, 9.17) is 26.6 Å². The zero-order valence-electron chi connectivity index (χ0n) is 18.6. The summed E-state index contributed by atoms with van der Waals surface area (Å²) in [6.45, 7) is 6.01. The van der Waals surface area contributed by atoms with Gasteiger partial charge in [0, 0.05) is 41.5 Å². The summed E-state index contributed by atoms with van der Waals surface area (Å²) in [5.41, 5.74) is 6.63. The fourth-order valence-electron chi connectivity index (χ4n) is 4.59. The van der Waals surface area contributed by atoms with E-state index in [0.717, 1.165) is 46.2 Å². The molecule has 5 heteroatoms. The summed E-state index contributed by atoms with van der Waals surface area (Å²) >= 11 is 6.90. The average Bonchev–Trinajstić information content (AvgIpc) is 2.84. The molecule has 1 aromatic heterocycles. The van der Waals surface area contributed by atoms with Gasteiger partial charge in [0.15, 0.2) is 0 Å². The largest absolute Gasteiger partial charge is 0.372 e. The van der Waals surface area contributed by atoms with E-state index < -0.39 is 0 Å². The van der Waals surface area contributed by atoms with Crippen LogP contribution in [0.3, 0.4) is 0 Å². The Morgan fingerprint density at radius 2 is 1.55 bits per heavy atom. The van der Waals surface area contributed by atoms with Crippen molar-refractivity contribution in [2.75, 3.05) is 18.0 Å². The average molecular weight is 454 g/mol. The molecule has 1 saturated heterocycles. The SMILES string of the molecule is CC1CN(c2ccc(-c3cnc4c(-c5ccc(C#N)cc5)cccc4c3Cl)cc2)C[C@@H](C)O1. The quantitative estimate of drug-likeness (QED) is 0.346. The van der Waals surface area contributed by atoms with E-state index in [1.165, 1.54) is 5.69 Å². The summed E-state index contributed by atoms with van der Waals surface area (Å²) in [6, 6.07) is 24.2. The van der Waals surface area contributed by atoms with Crippen molar-refractivity contribution in [3.05, 3.63) is 83.5 Å². The van der Waals surface area contributed by atoms with Crippen molar-refractivity contribution in [1.82, 2.24) is 4.98 Å². The van der Waals surface area contributed by atoms with Crippen molar-refractivity contribution in [3.63, 3.8) is 0 Å². The summed E-state index contributed by atoms with van der Waals surface area (Å²) < 4.78 is 5.86. The fraction of sp³-hybridized carbons (Fsp3) is 0.214. The van der Waals surface area contributed by atoms with Crippen LogP contribution in [-0.4, -0.2) is 30.3 Å². The van der Waals surface area contributed by atoms with Crippen molar-refractivity contribution in [3.8, 4) is 28.3 Å². The molecule has 0 aliphatic carbocycles. The Kier molecular flexibility index (Phi) is 5.76. The highest BCUT2D eigenvalue weighted by molar-refractivity contribution is 6.38. The van der Waals surface area contributed by atoms with Gasteiger partial charge in [0.1, 0.15) is 0 Å². The number of nitriles is 1. The van der Waals surface area contributed by atoms with Crippen LogP contribution in [0.5, 0.6) is 0 Å². The maximum Gasteiger partial charge on any atom is 0.0991 e. The van der Waals surface area contributed by atoms with E-state index >= 15 is 0 Å². The molecule has 0 spiro atoms. The first-order chi connectivity index (χ1) is 16.0. The van der Waals surface area contributed by atoms with E-state index in [2.05, 4.69) is 49.1 Å². The number of nitrogens with zero attached hydrogens (tertiary/aromatic N) is 3. The van der Waals surface area contributed by atoms with Crippen LogP contribution in [0, 0.1) is 11.3 Å². The molecular weight excluding hydrogens is 430 g/mol. The van der Waals surface area contributed by atoms with E-state index in [9.17, 15) is 0 Å². The van der Waals surface area contributed by atoms with E-state index in [1.54, 1.807) is 0 Å². The normalized spacial score (nSPS) is 18.3. The molecule has 4 aromatic rings. The molecule has 3 aromatic carbocycles. The van der Waals surface area contributed by atoms with Crippen LogP contribution in [-0.2, 0) is 4.74 Å². The van der Waals surface area contributed by atoms with Crippen molar-refractivity contribution >= 4 is 28.2 Å². The number of para-hydroxylation sites is 1. The molecule has 0 bridgehead atoms. The number of anilines is 1. The Labute approximate surface area is 199 Å². The highest BCUT2D eigenvalue weighted by atomic mass is 35.5. The smallest absolute Gasteiger partial charge is 0.0991 e. The highest BCUT2D eigenvalue weighted by Crippen LogP contribution is 2.37. The van der Waals surface area contributed by atoms with Gasteiger partial charge >= 0.3 is 0 Å². The minimum Gasteiger partial charge on any atom is -0.372 e. The first kappa shape index (κ1) is 21.5. The molecule has 33 heavy (non-hydrogen) atoms. The van der Waals surface area contributed by atoms with Crippen LogP contribution in [0.2, 0.25) is 5.02 Å². The second kappa shape index (κ2) is 8.86. The monoisotopic (exact) mass is 453 g/mol. The number of hydrogen-bond donors (Lipinski definition) is 0. The summed E-state index contributed by atoms with van der Waals surface area (Å²) in [4.78, 5) is 7.16. The zero-order valence-corrected chi connectivity index (χ0v) is 19.4. The maximum atomic E-state index is 9.07. The van der Waals surface area contributed by atoms with Gasteiger partial charge in [-0.15, -0.1) is 0 Å². The second-order valence-corrected chi connectivity index (χ2v) is 8.96. The second-order valence-electron chi connectivity index (χ2n) is 8.59. The van der Waals surface area contributed by atoms with Gasteiger partial charge in [-0.05, 0) is 49.2 Å².